The van der Waals surface area contributed by atoms with Crippen LogP contribution in [0, 0.1) is 0 Å². The van der Waals surface area contributed by atoms with Crippen LogP contribution in [0.5, 0.6) is 0 Å². The van der Waals surface area contributed by atoms with Crippen molar-refractivity contribution < 1.29 is 0 Å². The molecule has 3 heterocycles. The van der Waals surface area contributed by atoms with Gasteiger partial charge in [0.05, 0.1) is 6.04 Å². The Hall–Kier alpha value is -0.870. The van der Waals surface area contributed by atoms with Gasteiger partial charge in [0.1, 0.15) is 5.82 Å². The van der Waals surface area contributed by atoms with Crippen molar-refractivity contribution in [2.45, 2.75) is 63.2 Å². The lowest BCUT2D eigenvalue weighted by Gasteiger charge is -2.47. The van der Waals surface area contributed by atoms with Gasteiger partial charge in [0, 0.05) is 37.6 Å². The van der Waals surface area contributed by atoms with Crippen molar-refractivity contribution in [1.82, 2.24) is 19.8 Å². The normalized spacial score (nSPS) is 33.3. The highest BCUT2D eigenvalue weighted by Crippen LogP contribution is 2.33. The molecule has 4 heteroatoms. The molecule has 19 heavy (non-hydrogen) atoms. The summed E-state index contributed by atoms with van der Waals surface area (Å²) in [6, 6.07) is 2.57. The zero-order chi connectivity index (χ0) is 13.4. The summed E-state index contributed by atoms with van der Waals surface area (Å²) in [5.41, 5.74) is 0. The van der Waals surface area contributed by atoms with E-state index in [4.69, 9.17) is 0 Å². The molecule has 2 aliphatic rings. The predicted molar refractivity (Wildman–Crippen MR) is 77.0 cm³/mol. The third kappa shape index (κ3) is 2.56. The largest absolute Gasteiger partial charge is 0.337 e. The Morgan fingerprint density at radius 3 is 2.53 bits per heavy atom. The van der Waals surface area contributed by atoms with E-state index in [0.29, 0.717) is 12.1 Å². The van der Waals surface area contributed by atoms with E-state index in [2.05, 4.69) is 40.8 Å². The van der Waals surface area contributed by atoms with Gasteiger partial charge < -0.3 is 14.8 Å². The Morgan fingerprint density at radius 1 is 1.26 bits per heavy atom. The Labute approximate surface area is 116 Å². The molecule has 106 valence electrons. The van der Waals surface area contributed by atoms with Gasteiger partial charge in [-0.25, -0.2) is 4.98 Å². The number of imidazole rings is 1. The number of aryl methyl sites for hydroxylation is 1. The first-order valence-electron chi connectivity index (χ1n) is 7.60. The lowest BCUT2D eigenvalue weighted by atomic mass is 9.82. The predicted octanol–water partition coefficient (Wildman–Crippen LogP) is 2.09. The number of nitrogens with one attached hydrogen (secondary N) is 1. The minimum Gasteiger partial charge on any atom is -0.337 e. The molecule has 2 bridgehead atoms. The molecule has 2 saturated heterocycles. The summed E-state index contributed by atoms with van der Waals surface area (Å²) in [5, 5.41) is 3.80. The molecule has 4 nitrogen and oxygen atoms in total. The zero-order valence-electron chi connectivity index (χ0n) is 12.3. The van der Waals surface area contributed by atoms with Crippen molar-refractivity contribution in [3.63, 3.8) is 0 Å². The van der Waals surface area contributed by atoms with E-state index in [1.54, 1.807) is 0 Å². The van der Waals surface area contributed by atoms with Crippen LogP contribution in [-0.4, -0.2) is 39.6 Å². The molecule has 2 fully saturated rings. The van der Waals surface area contributed by atoms with Gasteiger partial charge in [0.25, 0.3) is 0 Å². The Kier molecular flexibility index (Phi) is 3.63. The van der Waals surface area contributed by atoms with E-state index in [9.17, 15) is 0 Å². The third-order valence-electron chi connectivity index (χ3n) is 5.07. The van der Waals surface area contributed by atoms with Gasteiger partial charge in [-0.3, -0.25) is 0 Å². The SMILES string of the molecule is CC(NC1CC2CCCC(C1)N2C)c1nccn1C. The first kappa shape index (κ1) is 13.1. The van der Waals surface area contributed by atoms with Crippen molar-refractivity contribution in [2.75, 3.05) is 7.05 Å². The fourth-order valence-electron chi connectivity index (χ4n) is 3.97. The highest BCUT2D eigenvalue weighted by Gasteiger charge is 2.36. The summed E-state index contributed by atoms with van der Waals surface area (Å²) < 4.78 is 2.12. The molecule has 0 radical (unpaired) electrons. The number of hydrogen-bond donors (Lipinski definition) is 1. The van der Waals surface area contributed by atoms with Gasteiger partial charge in [-0.15, -0.1) is 0 Å². The van der Waals surface area contributed by atoms with Crippen LogP contribution in [0.3, 0.4) is 0 Å². The van der Waals surface area contributed by atoms with E-state index in [1.807, 2.05) is 12.4 Å². The van der Waals surface area contributed by atoms with Gasteiger partial charge >= 0.3 is 0 Å². The fraction of sp³-hybridized carbons (Fsp3) is 0.800. The van der Waals surface area contributed by atoms with E-state index in [0.717, 1.165) is 17.9 Å². The number of aromatic nitrogens is 2. The molecule has 0 saturated carbocycles. The van der Waals surface area contributed by atoms with Crippen molar-refractivity contribution in [2.24, 2.45) is 7.05 Å². The summed E-state index contributed by atoms with van der Waals surface area (Å²) in [5.74, 6) is 1.14. The maximum Gasteiger partial charge on any atom is 0.125 e. The summed E-state index contributed by atoms with van der Waals surface area (Å²) in [6.07, 6.45) is 10.7. The summed E-state index contributed by atoms with van der Waals surface area (Å²) >= 11 is 0. The topological polar surface area (TPSA) is 33.1 Å². The quantitative estimate of drug-likeness (QED) is 0.905. The Morgan fingerprint density at radius 2 is 1.95 bits per heavy atom. The summed E-state index contributed by atoms with van der Waals surface area (Å²) in [4.78, 5) is 7.08. The second-order valence-corrected chi connectivity index (χ2v) is 6.36. The molecular formula is C15H26N4. The van der Waals surface area contributed by atoms with Gasteiger partial charge in [-0.05, 0) is 39.7 Å². The van der Waals surface area contributed by atoms with Crippen molar-refractivity contribution >= 4 is 0 Å². The van der Waals surface area contributed by atoms with Gasteiger partial charge in [-0.2, -0.15) is 0 Å². The molecule has 0 aromatic carbocycles. The highest BCUT2D eigenvalue weighted by molar-refractivity contribution is 5.00. The van der Waals surface area contributed by atoms with Crippen LogP contribution in [0.15, 0.2) is 12.4 Å². The van der Waals surface area contributed by atoms with Gasteiger partial charge in [0.15, 0.2) is 0 Å². The molecule has 3 unspecified atom stereocenters. The smallest absolute Gasteiger partial charge is 0.125 e. The molecule has 0 amide bonds. The minimum atomic E-state index is 0.342. The zero-order valence-corrected chi connectivity index (χ0v) is 12.3. The maximum atomic E-state index is 4.46. The summed E-state index contributed by atoms with van der Waals surface area (Å²) in [6.45, 7) is 2.23. The lowest BCUT2D eigenvalue weighted by molar-refractivity contribution is 0.0459. The Balaban J connectivity index is 1.63. The van der Waals surface area contributed by atoms with Crippen LogP contribution in [0.2, 0.25) is 0 Å². The highest BCUT2D eigenvalue weighted by atomic mass is 15.2. The second kappa shape index (κ2) is 5.25. The first-order valence-corrected chi connectivity index (χ1v) is 7.60. The van der Waals surface area contributed by atoms with E-state index in [-0.39, 0.29) is 0 Å². The molecule has 0 aliphatic carbocycles. The molecule has 1 aromatic rings. The van der Waals surface area contributed by atoms with E-state index >= 15 is 0 Å². The lowest BCUT2D eigenvalue weighted by Crippen LogP contribution is -2.54. The maximum absolute atomic E-state index is 4.46. The van der Waals surface area contributed by atoms with Crippen molar-refractivity contribution in [3.05, 3.63) is 18.2 Å². The van der Waals surface area contributed by atoms with Crippen LogP contribution in [0.4, 0.5) is 0 Å². The number of nitrogens with zero attached hydrogens (tertiary/aromatic N) is 3. The summed E-state index contributed by atoms with van der Waals surface area (Å²) in [7, 11) is 4.39. The molecule has 2 aliphatic heterocycles. The second-order valence-electron chi connectivity index (χ2n) is 6.36. The first-order chi connectivity index (χ1) is 9.15. The monoisotopic (exact) mass is 262 g/mol. The van der Waals surface area contributed by atoms with Crippen LogP contribution in [0.25, 0.3) is 0 Å². The van der Waals surface area contributed by atoms with Crippen LogP contribution >= 0.6 is 0 Å². The van der Waals surface area contributed by atoms with Crippen LogP contribution < -0.4 is 5.32 Å². The van der Waals surface area contributed by atoms with E-state index < -0.39 is 0 Å². The standard InChI is InChI=1S/C15H26N4/c1-11(15-16-7-8-18(15)2)17-12-9-13-5-4-6-14(10-12)19(13)3/h7-8,11-14,17H,4-6,9-10H2,1-3H3. The Bertz CT molecular complexity index is 414. The van der Waals surface area contributed by atoms with Gasteiger partial charge in [-0.1, -0.05) is 6.42 Å². The van der Waals surface area contributed by atoms with E-state index in [1.165, 1.54) is 32.1 Å². The van der Waals surface area contributed by atoms with Crippen molar-refractivity contribution in [3.8, 4) is 0 Å². The molecule has 1 N–H and O–H groups in total. The average molecular weight is 262 g/mol. The molecule has 3 atom stereocenters. The number of fused-ring (bicyclic) bond motifs is 2. The number of hydrogen-bond acceptors (Lipinski definition) is 3. The van der Waals surface area contributed by atoms with Gasteiger partial charge in [0.2, 0.25) is 0 Å². The molecule has 0 spiro atoms. The average Bonchev–Trinajstić information content (AvgIpc) is 2.77. The molecule has 3 rings (SSSR count). The third-order valence-corrected chi connectivity index (χ3v) is 5.07. The molecular weight excluding hydrogens is 236 g/mol. The molecule has 1 aromatic heterocycles. The van der Waals surface area contributed by atoms with Crippen LogP contribution in [0.1, 0.15) is 50.9 Å². The minimum absolute atomic E-state index is 0.342. The number of piperidine rings is 2. The fourth-order valence-corrected chi connectivity index (χ4v) is 3.97. The number of rotatable bonds is 3. The van der Waals surface area contributed by atoms with Crippen molar-refractivity contribution in [1.29, 1.82) is 0 Å². The van der Waals surface area contributed by atoms with Crippen LogP contribution in [-0.2, 0) is 7.05 Å².